The minimum Gasteiger partial charge on any atom is -0.714 e. The zero-order valence-electron chi connectivity index (χ0n) is 17.7. The van der Waals surface area contributed by atoms with Crippen LogP contribution in [0.4, 0.5) is 0 Å². The van der Waals surface area contributed by atoms with E-state index < -0.39 is 22.2 Å². The Balaban J connectivity index is 2.29. The zero-order chi connectivity index (χ0) is 21.4. The van der Waals surface area contributed by atoms with Crippen LogP contribution >= 0.6 is 0 Å². The van der Waals surface area contributed by atoms with Gasteiger partial charge in [-0.3, -0.25) is 9.48 Å². The molecule has 0 amide bonds. The highest BCUT2D eigenvalue weighted by molar-refractivity contribution is 6.08. The lowest BCUT2D eigenvalue weighted by Gasteiger charge is -2.32. The van der Waals surface area contributed by atoms with E-state index in [4.69, 9.17) is 0 Å². The number of hydrogen-bond donors (Lipinski definition) is 0. The molecule has 0 aliphatic carbocycles. The lowest BCUT2D eigenvalue weighted by Crippen LogP contribution is -2.53. The molecule has 2 aliphatic rings. The van der Waals surface area contributed by atoms with E-state index in [1.165, 1.54) is 0 Å². The van der Waals surface area contributed by atoms with Gasteiger partial charge in [-0.25, -0.2) is 0 Å². The third-order valence-electron chi connectivity index (χ3n) is 7.20. The SMILES string of the molecule is CC1(C)N([O])C(c2ccccc2C2=[N+]([O-])C(C)(C)C(C)(C)N2[O])=[N+]([O-])C1(C)C. The van der Waals surface area contributed by atoms with Gasteiger partial charge in [0.1, 0.15) is 11.1 Å². The summed E-state index contributed by atoms with van der Waals surface area (Å²) in [7, 11) is 0. The molecule has 2 radical (unpaired) electrons. The van der Waals surface area contributed by atoms with Gasteiger partial charge in [-0.05, 0) is 67.5 Å². The van der Waals surface area contributed by atoms with Gasteiger partial charge in [0.05, 0.1) is 11.1 Å². The summed E-state index contributed by atoms with van der Waals surface area (Å²) in [6, 6.07) is 6.57. The summed E-state index contributed by atoms with van der Waals surface area (Å²) in [6.07, 6.45) is 0. The van der Waals surface area contributed by atoms with Crippen molar-refractivity contribution >= 4 is 11.7 Å². The minimum atomic E-state index is -0.996. The van der Waals surface area contributed by atoms with Gasteiger partial charge in [-0.2, -0.15) is 0 Å². The van der Waals surface area contributed by atoms with E-state index in [0.717, 1.165) is 0 Å². The van der Waals surface area contributed by atoms with Crippen molar-refractivity contribution in [2.75, 3.05) is 0 Å². The van der Waals surface area contributed by atoms with Crippen molar-refractivity contribution in [2.45, 2.75) is 77.5 Å². The fourth-order valence-corrected chi connectivity index (χ4v) is 3.53. The first-order valence-electron chi connectivity index (χ1n) is 9.35. The Morgan fingerprint density at radius 1 is 0.679 bits per heavy atom. The van der Waals surface area contributed by atoms with Crippen LogP contribution < -0.4 is 0 Å². The van der Waals surface area contributed by atoms with Crippen molar-refractivity contribution in [1.82, 2.24) is 10.1 Å². The summed E-state index contributed by atoms with van der Waals surface area (Å²) in [4.78, 5) is 0. The molecule has 0 fully saturated rings. The van der Waals surface area contributed by atoms with Crippen LogP contribution in [0.5, 0.6) is 0 Å². The maximum atomic E-state index is 13.1. The second-order valence-electron chi connectivity index (χ2n) is 9.61. The second-order valence-corrected chi connectivity index (χ2v) is 9.61. The normalized spacial score (nSPS) is 25.1. The van der Waals surface area contributed by atoms with Crippen LogP contribution in [0.1, 0.15) is 66.5 Å². The van der Waals surface area contributed by atoms with E-state index in [9.17, 15) is 20.8 Å². The molecule has 2 aliphatic heterocycles. The average molecular weight is 388 g/mol. The smallest absolute Gasteiger partial charge is 0.317 e. The first-order valence-corrected chi connectivity index (χ1v) is 9.35. The molecule has 152 valence electrons. The molecule has 0 N–H and O–H groups in total. The first-order chi connectivity index (χ1) is 12.6. The Morgan fingerprint density at radius 2 is 0.964 bits per heavy atom. The fourth-order valence-electron chi connectivity index (χ4n) is 3.53. The van der Waals surface area contributed by atoms with E-state index in [1.807, 2.05) is 0 Å². The summed E-state index contributed by atoms with van der Waals surface area (Å²) < 4.78 is 1.38. The lowest BCUT2D eigenvalue weighted by atomic mass is 9.84. The van der Waals surface area contributed by atoms with E-state index >= 15 is 0 Å². The molecule has 8 nitrogen and oxygen atoms in total. The summed E-state index contributed by atoms with van der Waals surface area (Å²) in [6.45, 7) is 13.6. The van der Waals surface area contributed by atoms with Gasteiger partial charge in [-0.15, -0.1) is 0 Å². The standard InChI is InChI=1S/C20H28N4O4/c1-17(2)18(3,4)22(26)15(21(17)25)13-11-9-10-12-14(13)16-23(27)19(5,6)20(7,8)24(16)28/h9-12H,1-8H3. The van der Waals surface area contributed by atoms with Gasteiger partial charge in [-0.1, -0.05) is 22.3 Å². The molecule has 0 saturated carbocycles. The third-order valence-corrected chi connectivity index (χ3v) is 7.20. The molecule has 1 aromatic rings. The molecule has 0 saturated heterocycles. The maximum absolute atomic E-state index is 13.1. The van der Waals surface area contributed by atoms with Gasteiger partial charge in [0.2, 0.25) is 0 Å². The number of hydroxylamine groups is 6. The van der Waals surface area contributed by atoms with E-state index in [-0.39, 0.29) is 22.8 Å². The minimum absolute atomic E-state index is 0.0950. The fraction of sp³-hybridized carbons (Fsp3) is 0.600. The van der Waals surface area contributed by atoms with Gasteiger partial charge < -0.3 is 10.4 Å². The van der Waals surface area contributed by atoms with Crippen molar-refractivity contribution in [3.8, 4) is 0 Å². The molecule has 28 heavy (non-hydrogen) atoms. The van der Waals surface area contributed by atoms with E-state index in [1.54, 1.807) is 79.7 Å². The molecule has 0 spiro atoms. The van der Waals surface area contributed by atoms with Crippen molar-refractivity contribution in [1.29, 1.82) is 0 Å². The highest BCUT2D eigenvalue weighted by Crippen LogP contribution is 2.40. The highest BCUT2D eigenvalue weighted by atomic mass is 16.5. The lowest BCUT2D eigenvalue weighted by molar-refractivity contribution is -0.540. The molecule has 3 rings (SSSR count). The quantitative estimate of drug-likeness (QED) is 0.574. The predicted molar refractivity (Wildman–Crippen MR) is 103 cm³/mol. The first kappa shape index (κ1) is 20.4. The Labute approximate surface area is 165 Å². The zero-order valence-corrected chi connectivity index (χ0v) is 17.7. The monoisotopic (exact) mass is 388 g/mol. The van der Waals surface area contributed by atoms with Crippen LogP contribution in [0.25, 0.3) is 0 Å². The molecule has 0 aromatic heterocycles. The van der Waals surface area contributed by atoms with Crippen molar-refractivity contribution in [2.24, 2.45) is 0 Å². The third kappa shape index (κ3) is 2.18. The molecular formula is C20H28N4O4. The van der Waals surface area contributed by atoms with E-state index in [2.05, 4.69) is 0 Å². The van der Waals surface area contributed by atoms with Gasteiger partial charge in [0.15, 0.2) is 11.1 Å². The van der Waals surface area contributed by atoms with Crippen LogP contribution in [0.3, 0.4) is 0 Å². The number of amidine groups is 2. The average Bonchev–Trinajstić information content (AvgIpc) is 2.80. The van der Waals surface area contributed by atoms with Crippen molar-refractivity contribution < 1.29 is 19.9 Å². The van der Waals surface area contributed by atoms with Crippen LogP contribution in [0, 0.1) is 10.4 Å². The molecule has 1 aromatic carbocycles. The van der Waals surface area contributed by atoms with Gasteiger partial charge in [0, 0.05) is 10.4 Å². The van der Waals surface area contributed by atoms with Crippen LogP contribution in [-0.2, 0) is 10.4 Å². The van der Waals surface area contributed by atoms with Gasteiger partial charge >= 0.3 is 11.7 Å². The largest absolute Gasteiger partial charge is 0.714 e. The summed E-state index contributed by atoms with van der Waals surface area (Å²) in [5.74, 6) is -0.190. The summed E-state index contributed by atoms with van der Waals surface area (Å²) >= 11 is 0. The Hall–Kier alpha value is -2.32. The molecule has 2 heterocycles. The molecule has 0 atom stereocenters. The summed E-state index contributed by atoms with van der Waals surface area (Å²) in [5, 5.41) is 53.7. The van der Waals surface area contributed by atoms with Gasteiger partial charge in [0.25, 0.3) is 0 Å². The van der Waals surface area contributed by atoms with Crippen LogP contribution in [0.15, 0.2) is 24.3 Å². The summed E-state index contributed by atoms with van der Waals surface area (Å²) in [5.41, 5.74) is -3.43. The Kier molecular flexibility index (Phi) is 4.09. The number of rotatable bonds is 2. The topological polar surface area (TPSA) is 98.4 Å². The second kappa shape index (κ2) is 5.61. The molecular weight excluding hydrogens is 360 g/mol. The predicted octanol–water partition coefficient (Wildman–Crippen LogP) is 2.64. The maximum Gasteiger partial charge on any atom is 0.317 e. The number of benzene rings is 1. The van der Waals surface area contributed by atoms with Crippen molar-refractivity contribution in [3.63, 3.8) is 0 Å². The molecule has 8 heteroatoms. The number of hydrogen-bond acceptors (Lipinski definition) is 4. The van der Waals surface area contributed by atoms with Crippen molar-refractivity contribution in [3.05, 3.63) is 45.8 Å². The molecule has 0 unspecified atom stereocenters. The molecule has 0 bridgehead atoms. The highest BCUT2D eigenvalue weighted by Gasteiger charge is 2.63. The Bertz CT molecular complexity index is 826. The van der Waals surface area contributed by atoms with E-state index in [0.29, 0.717) is 19.6 Å². The Morgan fingerprint density at radius 3 is 1.18 bits per heavy atom. The van der Waals surface area contributed by atoms with Crippen LogP contribution in [-0.4, -0.2) is 53.4 Å². The van der Waals surface area contributed by atoms with Crippen LogP contribution in [0.2, 0.25) is 0 Å². The number of nitrogens with zero attached hydrogens (tertiary/aromatic N) is 4.